The van der Waals surface area contributed by atoms with Gasteiger partial charge in [0.05, 0.1) is 5.69 Å². The number of hydrogen-bond acceptors (Lipinski definition) is 5. The van der Waals surface area contributed by atoms with Crippen molar-refractivity contribution in [3.05, 3.63) is 65.9 Å². The predicted octanol–water partition coefficient (Wildman–Crippen LogP) is 6.20. The van der Waals surface area contributed by atoms with E-state index >= 15 is 0 Å². The molecule has 0 spiro atoms. The van der Waals surface area contributed by atoms with Gasteiger partial charge in [-0.2, -0.15) is 0 Å². The molecule has 0 saturated carbocycles. The van der Waals surface area contributed by atoms with Crippen LogP contribution in [0.2, 0.25) is 0 Å². The fourth-order valence-corrected chi connectivity index (χ4v) is 4.76. The van der Waals surface area contributed by atoms with Gasteiger partial charge in [0.15, 0.2) is 5.82 Å². The van der Waals surface area contributed by atoms with Crippen LogP contribution in [0.3, 0.4) is 0 Å². The van der Waals surface area contributed by atoms with Gasteiger partial charge in [0.2, 0.25) is 0 Å². The minimum atomic E-state index is -0.815. The number of pyridine rings is 2. The molecule has 3 rings (SSSR count). The van der Waals surface area contributed by atoms with E-state index < -0.39 is 11.5 Å². The first-order valence-corrected chi connectivity index (χ1v) is 12.5. The molecule has 1 N–H and O–H groups in total. The second-order valence-corrected chi connectivity index (χ2v) is 9.75. The summed E-state index contributed by atoms with van der Waals surface area (Å²) < 4.78 is 7.29. The van der Waals surface area contributed by atoms with Crippen LogP contribution >= 0.6 is 0 Å². The maximum Gasteiger partial charge on any atom is 0.160 e. The minimum absolute atomic E-state index is 0.0175. The lowest BCUT2D eigenvalue weighted by molar-refractivity contribution is 0.0660. The zero-order chi connectivity index (χ0) is 24.8. The van der Waals surface area contributed by atoms with Crippen LogP contribution in [0.4, 0.5) is 0 Å². The third kappa shape index (κ3) is 5.23. The lowest BCUT2D eigenvalue weighted by Gasteiger charge is -2.36. The van der Waals surface area contributed by atoms with Gasteiger partial charge < -0.3 is 14.4 Å². The van der Waals surface area contributed by atoms with Crippen molar-refractivity contribution in [1.29, 1.82) is 0 Å². The lowest BCUT2D eigenvalue weighted by atomic mass is 9.72. The maximum absolute atomic E-state index is 11.8. The van der Waals surface area contributed by atoms with Gasteiger partial charge in [0.25, 0.3) is 0 Å². The van der Waals surface area contributed by atoms with E-state index in [1.807, 2.05) is 29.0 Å². The molecule has 0 amide bonds. The number of aliphatic hydroxyl groups is 1. The molecule has 6 nitrogen and oxygen atoms in total. The molecule has 6 heteroatoms. The molecule has 0 radical (unpaired) electrons. The van der Waals surface area contributed by atoms with Crippen molar-refractivity contribution in [2.75, 3.05) is 7.11 Å². The summed E-state index contributed by atoms with van der Waals surface area (Å²) in [6.07, 6.45) is 7.72. The van der Waals surface area contributed by atoms with Crippen LogP contribution in [-0.4, -0.2) is 31.7 Å². The van der Waals surface area contributed by atoms with Gasteiger partial charge in [-0.25, -0.2) is 4.98 Å². The maximum atomic E-state index is 11.8. The Hall–Kier alpha value is -2.57. The second kappa shape index (κ2) is 11.2. The summed E-state index contributed by atoms with van der Waals surface area (Å²) in [4.78, 5) is 14.4. The smallest absolute Gasteiger partial charge is 0.160 e. The largest absolute Gasteiger partial charge is 0.386 e. The van der Waals surface area contributed by atoms with Crippen LogP contribution in [0.25, 0.3) is 11.5 Å². The highest BCUT2D eigenvalue weighted by Crippen LogP contribution is 2.43. The Bertz CT molecular complexity index is 1040. The van der Waals surface area contributed by atoms with Gasteiger partial charge in [0.1, 0.15) is 18.5 Å². The quantitative estimate of drug-likeness (QED) is 0.345. The van der Waals surface area contributed by atoms with Crippen LogP contribution in [0.15, 0.2) is 48.8 Å². The number of aliphatic hydroxyl groups excluding tert-OH is 1. The standard InChI is InChI=1S/C28H40N4O2/c1-7-10-17-27(4,5)23-15-13-16-24(31-23)28(8-2,9-3)25(33)22-19-32(20-34-6)26(30-22)21-14-11-12-18-29-21/h11-16,18-19,25,33H,7-10,17,20H2,1-6H3. The van der Waals surface area contributed by atoms with Crippen LogP contribution in [0.5, 0.6) is 0 Å². The van der Waals surface area contributed by atoms with Gasteiger partial charge in [0, 0.05) is 41.7 Å². The van der Waals surface area contributed by atoms with Crippen molar-refractivity contribution >= 4 is 0 Å². The highest BCUT2D eigenvalue weighted by atomic mass is 16.5. The normalized spacial score (nSPS) is 13.3. The highest BCUT2D eigenvalue weighted by Gasteiger charge is 2.41. The first-order chi connectivity index (χ1) is 16.3. The van der Waals surface area contributed by atoms with E-state index in [1.54, 1.807) is 13.3 Å². The van der Waals surface area contributed by atoms with Crippen LogP contribution < -0.4 is 0 Å². The predicted molar refractivity (Wildman–Crippen MR) is 136 cm³/mol. The Morgan fingerprint density at radius 3 is 2.35 bits per heavy atom. The average Bonchev–Trinajstić information content (AvgIpc) is 3.29. The van der Waals surface area contributed by atoms with Gasteiger partial charge in [-0.15, -0.1) is 0 Å². The summed E-state index contributed by atoms with van der Waals surface area (Å²) in [6, 6.07) is 12.0. The topological polar surface area (TPSA) is 73.1 Å². The number of aromatic nitrogens is 4. The third-order valence-electron chi connectivity index (χ3n) is 7.13. The third-order valence-corrected chi connectivity index (χ3v) is 7.13. The average molecular weight is 465 g/mol. The molecule has 3 aromatic rings. The number of nitrogens with zero attached hydrogens (tertiary/aromatic N) is 4. The van der Waals surface area contributed by atoms with Crippen molar-refractivity contribution in [2.45, 2.75) is 90.4 Å². The number of methoxy groups -OCH3 is 1. The summed E-state index contributed by atoms with van der Waals surface area (Å²) in [5.74, 6) is 0.681. The Kier molecular flexibility index (Phi) is 8.61. The molecule has 0 aliphatic rings. The van der Waals surface area contributed by atoms with E-state index in [-0.39, 0.29) is 5.41 Å². The Morgan fingerprint density at radius 1 is 1.00 bits per heavy atom. The van der Waals surface area contributed by atoms with Crippen molar-refractivity contribution in [1.82, 2.24) is 19.5 Å². The van der Waals surface area contributed by atoms with Crippen LogP contribution in [0.1, 0.15) is 89.9 Å². The fraction of sp³-hybridized carbons (Fsp3) is 0.536. The molecular weight excluding hydrogens is 424 g/mol. The fourth-order valence-electron chi connectivity index (χ4n) is 4.76. The molecule has 0 fully saturated rings. The van der Waals surface area contributed by atoms with E-state index in [9.17, 15) is 5.11 Å². The summed E-state index contributed by atoms with van der Waals surface area (Å²) in [7, 11) is 1.65. The summed E-state index contributed by atoms with van der Waals surface area (Å²) in [5, 5.41) is 11.8. The monoisotopic (exact) mass is 464 g/mol. The molecular formula is C28H40N4O2. The van der Waals surface area contributed by atoms with Gasteiger partial charge in [-0.3, -0.25) is 9.97 Å². The SMILES string of the molecule is CCCCC(C)(C)c1cccc(C(CC)(CC)C(O)c2cn(COC)c(-c3ccccn3)n2)n1. The molecule has 0 saturated heterocycles. The molecule has 3 heterocycles. The van der Waals surface area contributed by atoms with Gasteiger partial charge >= 0.3 is 0 Å². The van der Waals surface area contributed by atoms with Gasteiger partial charge in [-0.05, 0) is 43.5 Å². The van der Waals surface area contributed by atoms with Crippen molar-refractivity contribution in [3.8, 4) is 11.5 Å². The molecule has 0 aliphatic heterocycles. The second-order valence-electron chi connectivity index (χ2n) is 9.75. The Balaban J connectivity index is 2.05. The highest BCUT2D eigenvalue weighted by molar-refractivity contribution is 5.50. The molecule has 34 heavy (non-hydrogen) atoms. The van der Waals surface area contributed by atoms with Crippen molar-refractivity contribution in [2.24, 2.45) is 0 Å². The number of hydrogen-bond donors (Lipinski definition) is 1. The molecule has 0 aromatic carbocycles. The summed E-state index contributed by atoms with van der Waals surface area (Å²) in [5.41, 5.74) is 2.79. The summed E-state index contributed by atoms with van der Waals surface area (Å²) in [6.45, 7) is 11.3. The zero-order valence-corrected chi connectivity index (χ0v) is 21.6. The van der Waals surface area contributed by atoms with E-state index in [2.05, 4.69) is 57.8 Å². The number of imidazole rings is 1. The van der Waals surface area contributed by atoms with E-state index in [4.69, 9.17) is 14.7 Å². The molecule has 0 bridgehead atoms. The molecule has 0 aliphatic carbocycles. The van der Waals surface area contributed by atoms with Gasteiger partial charge in [-0.1, -0.05) is 59.6 Å². The van der Waals surface area contributed by atoms with Crippen molar-refractivity contribution in [3.63, 3.8) is 0 Å². The zero-order valence-electron chi connectivity index (χ0n) is 21.6. The first-order valence-electron chi connectivity index (χ1n) is 12.5. The van der Waals surface area contributed by atoms with E-state index in [0.717, 1.165) is 36.3 Å². The lowest BCUT2D eigenvalue weighted by Crippen LogP contribution is -2.35. The van der Waals surface area contributed by atoms with Crippen molar-refractivity contribution < 1.29 is 9.84 Å². The Morgan fingerprint density at radius 2 is 1.74 bits per heavy atom. The number of ether oxygens (including phenoxy) is 1. The minimum Gasteiger partial charge on any atom is -0.386 e. The molecule has 184 valence electrons. The number of rotatable bonds is 12. The van der Waals surface area contributed by atoms with Crippen LogP contribution in [-0.2, 0) is 22.3 Å². The van der Waals surface area contributed by atoms with E-state index in [0.29, 0.717) is 18.2 Å². The first kappa shape index (κ1) is 26.0. The Labute approximate surface area is 204 Å². The van der Waals surface area contributed by atoms with E-state index in [1.165, 1.54) is 12.8 Å². The molecule has 3 aromatic heterocycles. The molecule has 1 atom stereocenters. The van der Waals surface area contributed by atoms with Crippen LogP contribution in [0, 0.1) is 0 Å². The summed E-state index contributed by atoms with van der Waals surface area (Å²) >= 11 is 0. The molecule has 1 unspecified atom stereocenters. The number of unbranched alkanes of at least 4 members (excludes halogenated alkanes) is 1.